The molecule has 0 saturated heterocycles. The van der Waals surface area contributed by atoms with Crippen LogP contribution in [0.4, 0.5) is 5.13 Å². The third kappa shape index (κ3) is 5.43. The summed E-state index contributed by atoms with van der Waals surface area (Å²) in [4.78, 5) is 21.7. The number of hydrogen-bond donors (Lipinski definition) is 1. The van der Waals surface area contributed by atoms with Crippen molar-refractivity contribution in [2.24, 2.45) is 0 Å². The molecular formula is C16H13Cl2N3OS3. The van der Waals surface area contributed by atoms with Crippen molar-refractivity contribution in [3.63, 3.8) is 0 Å². The molecule has 0 unspecified atom stereocenters. The van der Waals surface area contributed by atoms with E-state index < -0.39 is 0 Å². The van der Waals surface area contributed by atoms with Crippen molar-refractivity contribution in [3.8, 4) is 0 Å². The van der Waals surface area contributed by atoms with Crippen LogP contribution in [0.25, 0.3) is 0 Å². The van der Waals surface area contributed by atoms with Crippen LogP contribution in [0.1, 0.15) is 16.1 Å². The molecule has 0 aliphatic rings. The summed E-state index contributed by atoms with van der Waals surface area (Å²) in [5.41, 5.74) is 1.75. The van der Waals surface area contributed by atoms with Crippen LogP contribution >= 0.6 is 57.6 Å². The molecule has 25 heavy (non-hydrogen) atoms. The maximum atomic E-state index is 12.0. The highest BCUT2D eigenvalue weighted by atomic mass is 35.5. The molecule has 1 N–H and O–H groups in total. The quantitative estimate of drug-likeness (QED) is 0.511. The molecule has 0 spiro atoms. The summed E-state index contributed by atoms with van der Waals surface area (Å²) >= 11 is 16.6. The van der Waals surface area contributed by atoms with Gasteiger partial charge in [-0.25, -0.2) is 9.97 Å². The number of thioether (sulfide) groups is 1. The van der Waals surface area contributed by atoms with Crippen molar-refractivity contribution in [1.82, 2.24) is 9.97 Å². The summed E-state index contributed by atoms with van der Waals surface area (Å²) in [6.07, 6.45) is 1.97. The summed E-state index contributed by atoms with van der Waals surface area (Å²) in [6, 6.07) is 5.47. The molecule has 0 aliphatic carbocycles. The van der Waals surface area contributed by atoms with Gasteiger partial charge in [0.25, 0.3) is 0 Å². The van der Waals surface area contributed by atoms with Crippen molar-refractivity contribution in [1.29, 1.82) is 0 Å². The Morgan fingerprint density at radius 2 is 2.20 bits per heavy atom. The minimum Gasteiger partial charge on any atom is -0.302 e. The van der Waals surface area contributed by atoms with Gasteiger partial charge in [-0.1, -0.05) is 41.0 Å². The average Bonchev–Trinajstić information content (AvgIpc) is 3.15. The molecule has 2 aromatic heterocycles. The smallest absolute Gasteiger partial charge is 0.232 e. The molecular weight excluding hydrogens is 417 g/mol. The monoisotopic (exact) mass is 429 g/mol. The van der Waals surface area contributed by atoms with Gasteiger partial charge in [-0.15, -0.1) is 22.7 Å². The van der Waals surface area contributed by atoms with Crippen LogP contribution in [0.15, 0.2) is 34.1 Å². The molecule has 1 aromatic carbocycles. The largest absolute Gasteiger partial charge is 0.302 e. The summed E-state index contributed by atoms with van der Waals surface area (Å²) in [5.74, 6) is 0.588. The Labute approximate surface area is 167 Å². The molecule has 0 radical (unpaired) electrons. The third-order valence-corrected chi connectivity index (χ3v) is 6.64. The van der Waals surface area contributed by atoms with Gasteiger partial charge >= 0.3 is 0 Å². The zero-order chi connectivity index (χ0) is 17.8. The summed E-state index contributed by atoms with van der Waals surface area (Å²) in [6.45, 7) is 1.95. The average molecular weight is 430 g/mol. The Bertz CT molecular complexity index is 894. The van der Waals surface area contributed by atoms with E-state index in [1.807, 2.05) is 24.4 Å². The van der Waals surface area contributed by atoms with Crippen LogP contribution in [0.5, 0.6) is 0 Å². The fourth-order valence-corrected chi connectivity index (χ4v) is 5.04. The molecule has 0 bridgehead atoms. The van der Waals surface area contributed by atoms with Gasteiger partial charge in [-0.2, -0.15) is 0 Å². The first-order chi connectivity index (χ1) is 12.0. The van der Waals surface area contributed by atoms with E-state index in [4.69, 9.17) is 23.2 Å². The molecule has 2 heterocycles. The minimum atomic E-state index is -0.114. The molecule has 9 heteroatoms. The predicted octanol–water partition coefficient (Wildman–Crippen LogP) is 5.69. The fraction of sp³-hybridized carbons (Fsp3) is 0.188. The van der Waals surface area contributed by atoms with E-state index >= 15 is 0 Å². The number of nitrogens with one attached hydrogen (secondary N) is 1. The first kappa shape index (κ1) is 18.7. The van der Waals surface area contributed by atoms with Gasteiger partial charge < -0.3 is 5.32 Å². The lowest BCUT2D eigenvalue weighted by molar-refractivity contribution is -0.115. The Kier molecular flexibility index (Phi) is 6.35. The topological polar surface area (TPSA) is 54.9 Å². The molecule has 3 rings (SSSR count). The van der Waals surface area contributed by atoms with Crippen molar-refractivity contribution in [2.45, 2.75) is 23.4 Å². The normalized spacial score (nSPS) is 10.8. The molecule has 4 nitrogen and oxygen atoms in total. The summed E-state index contributed by atoms with van der Waals surface area (Å²) in [5, 5.41) is 6.57. The second-order valence-corrected chi connectivity index (χ2v) is 9.29. The number of benzene rings is 1. The molecule has 0 fully saturated rings. The van der Waals surface area contributed by atoms with Gasteiger partial charge in [0.05, 0.1) is 12.1 Å². The zero-order valence-electron chi connectivity index (χ0n) is 13.1. The first-order valence-corrected chi connectivity index (χ1v) is 10.7. The Morgan fingerprint density at radius 1 is 1.36 bits per heavy atom. The summed E-state index contributed by atoms with van der Waals surface area (Å²) < 4.78 is 0.902. The Hall–Kier alpha value is -1.12. The lowest BCUT2D eigenvalue weighted by Crippen LogP contribution is -2.14. The highest BCUT2D eigenvalue weighted by Gasteiger charge is 2.11. The van der Waals surface area contributed by atoms with E-state index in [0.29, 0.717) is 20.9 Å². The lowest BCUT2D eigenvalue weighted by atomic mass is 10.2. The second-order valence-electron chi connectivity index (χ2n) is 5.13. The molecule has 0 saturated carbocycles. The standard InChI is InChI=1S/C16H13Cl2N3OS3/c1-9-6-19-15(25-9)21-14(22)5-12-8-24-16(20-12)23-7-10-2-3-11(17)4-13(10)18/h2-4,6,8H,5,7H2,1H3,(H,19,21,22). The SMILES string of the molecule is Cc1cnc(NC(=O)Cc2csc(SCc3ccc(Cl)cc3Cl)n2)s1. The van der Waals surface area contributed by atoms with Gasteiger partial charge in [-0.3, -0.25) is 4.79 Å². The summed E-state index contributed by atoms with van der Waals surface area (Å²) in [7, 11) is 0. The van der Waals surface area contributed by atoms with Crippen molar-refractivity contribution < 1.29 is 4.79 Å². The molecule has 1 amide bonds. The Balaban J connectivity index is 1.54. The number of carbonyl (C=O) groups is 1. The third-order valence-electron chi connectivity index (χ3n) is 3.11. The molecule has 130 valence electrons. The highest BCUT2D eigenvalue weighted by molar-refractivity contribution is 8.00. The maximum absolute atomic E-state index is 12.0. The minimum absolute atomic E-state index is 0.114. The zero-order valence-corrected chi connectivity index (χ0v) is 17.0. The predicted molar refractivity (Wildman–Crippen MR) is 107 cm³/mol. The van der Waals surface area contributed by atoms with E-state index in [1.165, 1.54) is 22.7 Å². The van der Waals surface area contributed by atoms with Crippen LogP contribution in [-0.2, 0) is 17.0 Å². The van der Waals surface area contributed by atoms with Crippen LogP contribution in [-0.4, -0.2) is 15.9 Å². The van der Waals surface area contributed by atoms with Crippen LogP contribution < -0.4 is 5.32 Å². The molecule has 0 aliphatic heterocycles. The number of rotatable bonds is 6. The number of carbonyl (C=O) groups excluding carboxylic acids is 1. The van der Waals surface area contributed by atoms with Gasteiger partial charge in [0.2, 0.25) is 5.91 Å². The van der Waals surface area contributed by atoms with Crippen molar-refractivity contribution in [3.05, 3.63) is 56.0 Å². The van der Waals surface area contributed by atoms with E-state index in [1.54, 1.807) is 24.0 Å². The maximum Gasteiger partial charge on any atom is 0.232 e. The fourth-order valence-electron chi connectivity index (χ4n) is 1.95. The number of halogens is 2. The van der Waals surface area contributed by atoms with Crippen molar-refractivity contribution >= 4 is 68.7 Å². The van der Waals surface area contributed by atoms with E-state index in [2.05, 4.69) is 15.3 Å². The number of amides is 1. The van der Waals surface area contributed by atoms with Crippen molar-refractivity contribution in [2.75, 3.05) is 5.32 Å². The number of aryl methyl sites for hydroxylation is 1. The second kappa shape index (κ2) is 8.51. The Morgan fingerprint density at radius 3 is 2.92 bits per heavy atom. The molecule has 0 atom stereocenters. The van der Waals surface area contributed by atoms with Gasteiger partial charge in [0, 0.05) is 32.3 Å². The van der Waals surface area contributed by atoms with E-state index in [9.17, 15) is 4.79 Å². The van der Waals surface area contributed by atoms with Crippen LogP contribution in [0, 0.1) is 6.92 Å². The van der Waals surface area contributed by atoms with Gasteiger partial charge in [0.1, 0.15) is 4.34 Å². The van der Waals surface area contributed by atoms with Crippen LogP contribution in [0.2, 0.25) is 10.0 Å². The molecule has 3 aromatic rings. The number of anilines is 1. The van der Waals surface area contributed by atoms with Gasteiger partial charge in [-0.05, 0) is 24.6 Å². The number of aromatic nitrogens is 2. The highest BCUT2D eigenvalue weighted by Crippen LogP contribution is 2.30. The lowest BCUT2D eigenvalue weighted by Gasteiger charge is -2.02. The first-order valence-electron chi connectivity index (χ1n) is 7.23. The number of hydrogen-bond acceptors (Lipinski definition) is 6. The number of nitrogens with zero attached hydrogens (tertiary/aromatic N) is 2. The van der Waals surface area contributed by atoms with Crippen LogP contribution in [0.3, 0.4) is 0 Å². The number of thiazole rings is 2. The van der Waals surface area contributed by atoms with E-state index in [-0.39, 0.29) is 12.3 Å². The van der Waals surface area contributed by atoms with E-state index in [0.717, 1.165) is 20.5 Å². The van der Waals surface area contributed by atoms with Gasteiger partial charge in [0.15, 0.2) is 5.13 Å².